The van der Waals surface area contributed by atoms with Gasteiger partial charge in [-0.05, 0) is 60.7 Å². The van der Waals surface area contributed by atoms with E-state index < -0.39 is 39.3 Å². The number of rotatable bonds is 9. The second-order valence-electron chi connectivity index (χ2n) is 8.43. The molecule has 0 radical (unpaired) electrons. The van der Waals surface area contributed by atoms with Gasteiger partial charge in [-0.1, -0.05) is 30.3 Å². The minimum absolute atomic E-state index is 0.0958. The molecule has 0 spiro atoms. The Bertz CT molecular complexity index is 1400. The molecule has 0 unspecified atom stereocenters. The Morgan fingerprint density at radius 1 is 1.03 bits per heavy atom. The zero-order valence-corrected chi connectivity index (χ0v) is 19.8. The number of H-pyrrole nitrogens is 1. The van der Waals surface area contributed by atoms with E-state index in [1.54, 1.807) is 60.7 Å². The van der Waals surface area contributed by atoms with Gasteiger partial charge in [-0.3, -0.25) is 9.59 Å². The van der Waals surface area contributed by atoms with Crippen LogP contribution in [0.25, 0.3) is 22.4 Å². The Morgan fingerprint density at radius 2 is 1.69 bits per heavy atom. The van der Waals surface area contributed by atoms with Crippen molar-refractivity contribution < 1.29 is 31.1 Å². The van der Waals surface area contributed by atoms with Crippen LogP contribution in [0.2, 0.25) is 0 Å². The molecule has 36 heavy (non-hydrogen) atoms. The van der Waals surface area contributed by atoms with Crippen LogP contribution in [0.15, 0.2) is 65.5 Å². The molecule has 3 aromatic rings. The first-order valence-electron chi connectivity index (χ1n) is 11.2. The Labute approximate surface area is 205 Å². The van der Waals surface area contributed by atoms with E-state index in [2.05, 4.69) is 4.98 Å². The fourth-order valence-electron chi connectivity index (χ4n) is 3.62. The third-order valence-corrected chi connectivity index (χ3v) is 7.40. The zero-order chi connectivity index (χ0) is 25.9. The molecule has 2 N–H and O–H groups in total. The molecule has 0 bridgehead atoms. The molecule has 4 rings (SSSR count). The molecule has 0 saturated heterocycles. The second-order valence-corrected chi connectivity index (χ2v) is 10.4. The lowest BCUT2D eigenvalue weighted by molar-refractivity contribution is -0.136. The van der Waals surface area contributed by atoms with Crippen molar-refractivity contribution in [1.82, 2.24) is 9.71 Å². The average molecular weight is 521 g/mol. The SMILES string of the molecule is O=C(NS(=O)(=O)C1CC1)c1c(-c2ccccc2)cc(-c2ccc(OCCCC(F)(F)F)cc2)[nH]c1=O. The van der Waals surface area contributed by atoms with Crippen molar-refractivity contribution in [1.29, 1.82) is 0 Å². The smallest absolute Gasteiger partial charge is 0.389 e. The molecule has 1 saturated carbocycles. The Morgan fingerprint density at radius 3 is 2.31 bits per heavy atom. The molecule has 11 heteroatoms. The summed E-state index contributed by atoms with van der Waals surface area (Å²) in [6.45, 7) is -0.0958. The minimum atomic E-state index is -4.24. The van der Waals surface area contributed by atoms with Gasteiger partial charge in [0.1, 0.15) is 11.3 Å². The number of amides is 1. The van der Waals surface area contributed by atoms with E-state index in [0.29, 0.717) is 35.4 Å². The highest BCUT2D eigenvalue weighted by atomic mass is 32.2. The molecule has 190 valence electrons. The van der Waals surface area contributed by atoms with E-state index in [0.717, 1.165) is 0 Å². The van der Waals surface area contributed by atoms with Crippen molar-refractivity contribution in [3.63, 3.8) is 0 Å². The maximum absolute atomic E-state index is 13.0. The molecule has 1 heterocycles. The summed E-state index contributed by atoms with van der Waals surface area (Å²) in [5.41, 5.74) is 0.642. The lowest BCUT2D eigenvalue weighted by atomic mass is 9.98. The molecule has 0 atom stereocenters. The number of sulfonamides is 1. The summed E-state index contributed by atoms with van der Waals surface area (Å²) in [7, 11) is -3.86. The summed E-state index contributed by atoms with van der Waals surface area (Å²) in [6, 6.07) is 16.6. The number of alkyl halides is 3. The maximum atomic E-state index is 13.0. The van der Waals surface area contributed by atoms with Crippen molar-refractivity contribution in [3.05, 3.63) is 76.6 Å². The number of aromatic amines is 1. The van der Waals surface area contributed by atoms with Gasteiger partial charge in [0.2, 0.25) is 10.0 Å². The molecule has 1 aliphatic carbocycles. The normalized spacial score (nSPS) is 13.9. The first-order chi connectivity index (χ1) is 17.0. The van der Waals surface area contributed by atoms with Crippen LogP contribution in [0.1, 0.15) is 36.0 Å². The highest BCUT2D eigenvalue weighted by Gasteiger charge is 2.37. The van der Waals surface area contributed by atoms with Crippen molar-refractivity contribution in [2.75, 3.05) is 6.61 Å². The van der Waals surface area contributed by atoms with Crippen molar-refractivity contribution in [3.8, 4) is 28.1 Å². The van der Waals surface area contributed by atoms with Gasteiger partial charge >= 0.3 is 6.18 Å². The maximum Gasteiger partial charge on any atom is 0.389 e. The summed E-state index contributed by atoms with van der Waals surface area (Å²) in [5, 5.41) is -0.630. The number of nitrogens with one attached hydrogen (secondary N) is 2. The van der Waals surface area contributed by atoms with Crippen molar-refractivity contribution in [2.24, 2.45) is 0 Å². The number of pyridine rings is 1. The lowest BCUT2D eigenvalue weighted by Gasteiger charge is -2.13. The fraction of sp³-hybridized carbons (Fsp3) is 0.280. The quantitative estimate of drug-likeness (QED) is 0.400. The average Bonchev–Trinajstić information content (AvgIpc) is 3.68. The van der Waals surface area contributed by atoms with E-state index >= 15 is 0 Å². The van der Waals surface area contributed by atoms with Gasteiger partial charge in [0.15, 0.2) is 0 Å². The molecule has 7 nitrogen and oxygen atoms in total. The van der Waals surface area contributed by atoms with Crippen molar-refractivity contribution >= 4 is 15.9 Å². The Kier molecular flexibility index (Phi) is 7.21. The van der Waals surface area contributed by atoms with Crippen LogP contribution in [-0.4, -0.2) is 37.3 Å². The van der Waals surface area contributed by atoms with Gasteiger partial charge in [-0.15, -0.1) is 0 Å². The van der Waals surface area contributed by atoms with Crippen LogP contribution >= 0.6 is 0 Å². The van der Waals surface area contributed by atoms with Crippen LogP contribution in [0.4, 0.5) is 13.2 Å². The van der Waals surface area contributed by atoms with Crippen LogP contribution in [0.5, 0.6) is 5.75 Å². The first kappa shape index (κ1) is 25.5. The molecule has 1 fully saturated rings. The Balaban J connectivity index is 1.61. The van der Waals surface area contributed by atoms with E-state index in [1.165, 1.54) is 0 Å². The highest BCUT2D eigenvalue weighted by Crippen LogP contribution is 2.30. The number of benzene rings is 2. The third kappa shape index (κ3) is 6.34. The summed E-state index contributed by atoms with van der Waals surface area (Å²) in [5.74, 6) is -0.635. The predicted molar refractivity (Wildman–Crippen MR) is 128 cm³/mol. The van der Waals surface area contributed by atoms with Crippen LogP contribution in [-0.2, 0) is 10.0 Å². The number of halogens is 3. The first-order valence-corrected chi connectivity index (χ1v) is 12.8. The standard InChI is InChI=1S/C25H23F3N2O5S/c26-25(27,28)13-4-14-35-18-9-7-17(8-10-18)21-15-20(16-5-2-1-3-6-16)22(23(31)29-21)24(32)30-36(33,34)19-11-12-19/h1-3,5-10,15,19H,4,11-14H2,(H,29,31)(H,30,32). The van der Waals surface area contributed by atoms with Gasteiger partial charge in [0, 0.05) is 17.7 Å². The number of carbonyl (C=O) groups is 1. The van der Waals surface area contributed by atoms with Gasteiger partial charge in [0.25, 0.3) is 11.5 Å². The summed E-state index contributed by atoms with van der Waals surface area (Å²) in [6.07, 6.45) is -4.41. The van der Waals surface area contributed by atoms with Gasteiger partial charge in [-0.25, -0.2) is 13.1 Å². The summed E-state index contributed by atoms with van der Waals surface area (Å²) >= 11 is 0. The molecule has 0 aliphatic heterocycles. The largest absolute Gasteiger partial charge is 0.494 e. The highest BCUT2D eigenvalue weighted by molar-refractivity contribution is 7.91. The van der Waals surface area contributed by atoms with E-state index in [4.69, 9.17) is 4.74 Å². The second kappa shape index (κ2) is 10.2. The van der Waals surface area contributed by atoms with Crippen LogP contribution < -0.4 is 15.0 Å². The number of carbonyl (C=O) groups excluding carboxylic acids is 1. The molecule has 1 aliphatic rings. The number of aromatic nitrogens is 1. The monoisotopic (exact) mass is 520 g/mol. The zero-order valence-electron chi connectivity index (χ0n) is 19.0. The number of ether oxygens (including phenoxy) is 1. The van der Waals surface area contributed by atoms with E-state index in [-0.39, 0.29) is 24.2 Å². The third-order valence-electron chi connectivity index (χ3n) is 5.58. The van der Waals surface area contributed by atoms with Gasteiger partial charge < -0.3 is 9.72 Å². The fourth-order valence-corrected chi connectivity index (χ4v) is 4.91. The molecule has 2 aromatic carbocycles. The van der Waals surface area contributed by atoms with Gasteiger partial charge in [0.05, 0.1) is 11.9 Å². The van der Waals surface area contributed by atoms with Gasteiger partial charge in [-0.2, -0.15) is 13.2 Å². The molecular formula is C25H23F3N2O5S. The van der Waals surface area contributed by atoms with Crippen LogP contribution in [0.3, 0.4) is 0 Å². The minimum Gasteiger partial charge on any atom is -0.494 e. The lowest BCUT2D eigenvalue weighted by Crippen LogP contribution is -2.37. The number of hydrogen-bond donors (Lipinski definition) is 2. The summed E-state index contributed by atoms with van der Waals surface area (Å²) in [4.78, 5) is 28.5. The molecule has 1 aromatic heterocycles. The molecule has 1 amide bonds. The van der Waals surface area contributed by atoms with Crippen molar-refractivity contribution in [2.45, 2.75) is 37.1 Å². The Hall–Kier alpha value is -3.60. The van der Waals surface area contributed by atoms with E-state index in [1.807, 2.05) is 4.72 Å². The molecular weight excluding hydrogens is 497 g/mol. The summed E-state index contributed by atoms with van der Waals surface area (Å²) < 4.78 is 68.7. The predicted octanol–water partition coefficient (Wildman–Crippen LogP) is 4.65. The number of hydrogen-bond acceptors (Lipinski definition) is 5. The van der Waals surface area contributed by atoms with Crippen LogP contribution in [0, 0.1) is 0 Å². The van der Waals surface area contributed by atoms with E-state index in [9.17, 15) is 31.2 Å². The topological polar surface area (TPSA) is 105 Å².